The number of thioether (sulfide) groups is 1. The number of benzene rings is 4. The first-order valence-corrected chi connectivity index (χ1v) is 20.3. The minimum absolute atomic E-state index is 0.258. The minimum atomic E-state index is -2.42. The molecule has 0 fully saturated rings. The summed E-state index contributed by atoms with van der Waals surface area (Å²) in [5.74, 6) is 2.97. The third-order valence-electron chi connectivity index (χ3n) is 8.00. The van der Waals surface area contributed by atoms with Gasteiger partial charge in [0.25, 0.3) is 0 Å². The van der Waals surface area contributed by atoms with Crippen molar-refractivity contribution in [3.63, 3.8) is 0 Å². The molecule has 0 unspecified atom stereocenters. The number of rotatable bonds is 11. The van der Waals surface area contributed by atoms with E-state index in [0.717, 1.165) is 45.3 Å². The molecule has 51 heavy (non-hydrogen) atoms. The Labute approximate surface area is 302 Å². The van der Waals surface area contributed by atoms with E-state index >= 15 is 0 Å². The maximum Gasteiger partial charge on any atom is 0.324 e. The van der Waals surface area contributed by atoms with E-state index in [9.17, 15) is 9.36 Å². The highest BCUT2D eigenvalue weighted by Crippen LogP contribution is 2.36. The maximum atomic E-state index is 13.5. The zero-order valence-corrected chi connectivity index (χ0v) is 31.3. The molecule has 0 saturated carbocycles. The Balaban J connectivity index is 1.20. The van der Waals surface area contributed by atoms with Gasteiger partial charge in [0.15, 0.2) is 0 Å². The number of anilines is 4. The third-order valence-corrected chi connectivity index (χ3v) is 10.8. The van der Waals surface area contributed by atoms with Crippen LogP contribution in [0.2, 0.25) is 0 Å². The van der Waals surface area contributed by atoms with E-state index in [0.29, 0.717) is 29.1 Å². The van der Waals surface area contributed by atoms with E-state index in [1.165, 1.54) is 4.90 Å². The van der Waals surface area contributed by atoms with E-state index in [-0.39, 0.29) is 5.41 Å². The fraction of sp³-hybridized carbons (Fsp3) is 0.231. The SMILES string of the molecule is CCCSc1ccc(Nc2nccc(Oc3ccc(NC(=O)Nc4cc(C(C)(C)C)nn4-c4ccc(P(C)(C)=O)cc4)c4ccccc34)n2)cc1. The van der Waals surface area contributed by atoms with Crippen molar-refractivity contribution >= 4 is 64.2 Å². The molecule has 4 aromatic carbocycles. The Bertz CT molecular complexity index is 2210. The highest BCUT2D eigenvalue weighted by molar-refractivity contribution is 7.99. The summed E-state index contributed by atoms with van der Waals surface area (Å²) in [4.78, 5) is 23.7. The van der Waals surface area contributed by atoms with Crippen LogP contribution in [0, 0.1) is 0 Å². The van der Waals surface area contributed by atoms with Gasteiger partial charge >= 0.3 is 6.03 Å². The number of ether oxygens (including phenoxy) is 1. The number of hydrogen-bond acceptors (Lipinski definition) is 8. The Morgan fingerprint density at radius 3 is 2.31 bits per heavy atom. The summed E-state index contributed by atoms with van der Waals surface area (Å²) >= 11 is 1.83. The fourth-order valence-electron chi connectivity index (χ4n) is 5.28. The zero-order valence-electron chi connectivity index (χ0n) is 29.6. The first-order chi connectivity index (χ1) is 24.4. The maximum absolute atomic E-state index is 13.5. The van der Waals surface area contributed by atoms with Gasteiger partial charge in [0.05, 0.1) is 17.1 Å². The van der Waals surface area contributed by atoms with E-state index < -0.39 is 13.2 Å². The topological polar surface area (TPSA) is 123 Å². The Hall–Kier alpha value is -5.12. The van der Waals surface area contributed by atoms with Crippen LogP contribution in [-0.4, -0.2) is 44.9 Å². The van der Waals surface area contributed by atoms with Gasteiger partial charge in [-0.2, -0.15) is 10.1 Å². The predicted molar refractivity (Wildman–Crippen MR) is 211 cm³/mol. The summed E-state index contributed by atoms with van der Waals surface area (Å²) in [7, 11) is -2.42. The number of fused-ring (bicyclic) bond motifs is 1. The molecule has 0 saturated heterocycles. The first-order valence-electron chi connectivity index (χ1n) is 16.7. The van der Waals surface area contributed by atoms with Gasteiger partial charge in [-0.05, 0) is 86.2 Å². The van der Waals surface area contributed by atoms with E-state index in [4.69, 9.17) is 9.84 Å². The van der Waals surface area contributed by atoms with Crippen molar-refractivity contribution < 1.29 is 14.1 Å². The van der Waals surface area contributed by atoms with Crippen molar-refractivity contribution in [2.24, 2.45) is 0 Å². The molecule has 2 aromatic heterocycles. The van der Waals surface area contributed by atoms with Crippen LogP contribution in [0.15, 0.2) is 108 Å². The number of hydrogen-bond donors (Lipinski definition) is 3. The summed E-state index contributed by atoms with van der Waals surface area (Å²) in [6.07, 6.45) is 2.78. The molecule has 2 heterocycles. The molecule has 2 amide bonds. The molecule has 0 radical (unpaired) electrons. The Morgan fingerprint density at radius 2 is 1.63 bits per heavy atom. The molecule has 6 rings (SSSR count). The molecule has 0 atom stereocenters. The molecule has 0 aliphatic heterocycles. The van der Waals surface area contributed by atoms with Gasteiger partial charge in [0.1, 0.15) is 18.7 Å². The summed E-state index contributed by atoms with van der Waals surface area (Å²) < 4.78 is 20.6. The molecule has 262 valence electrons. The van der Waals surface area contributed by atoms with Gasteiger partial charge in [-0.3, -0.25) is 5.32 Å². The van der Waals surface area contributed by atoms with Gasteiger partial charge in [0, 0.05) is 50.4 Å². The molecular weight excluding hydrogens is 678 g/mol. The summed E-state index contributed by atoms with van der Waals surface area (Å²) in [6.45, 7) is 11.9. The largest absolute Gasteiger partial charge is 0.438 e. The number of nitrogens with zero attached hydrogens (tertiary/aromatic N) is 4. The van der Waals surface area contributed by atoms with Gasteiger partial charge in [-0.1, -0.05) is 52.0 Å². The summed E-state index contributed by atoms with van der Waals surface area (Å²) in [5, 5.41) is 16.4. The third kappa shape index (κ3) is 8.79. The van der Waals surface area contributed by atoms with Crippen molar-refractivity contribution in [1.29, 1.82) is 0 Å². The monoisotopic (exact) mass is 719 g/mol. The van der Waals surface area contributed by atoms with Crippen molar-refractivity contribution in [2.75, 3.05) is 35.0 Å². The standard InChI is InChI=1S/C39H42N7O3PS/c1-7-24-51-29-18-12-26(13-19-29)41-37-40-23-22-36(44-37)49-33-21-20-32(30-10-8-9-11-31(30)33)42-38(47)43-35-25-34(39(2,3)4)45-46(35)27-14-16-28(17-15-27)50(5,6)48/h8-23,25H,7,24H2,1-6H3,(H,40,41,44)(H2,42,43,47). The van der Waals surface area contributed by atoms with Gasteiger partial charge < -0.3 is 19.9 Å². The second-order valence-electron chi connectivity index (χ2n) is 13.5. The van der Waals surface area contributed by atoms with Crippen LogP contribution in [0.1, 0.15) is 39.8 Å². The van der Waals surface area contributed by atoms with E-state index in [1.807, 2.05) is 84.6 Å². The average molecular weight is 720 g/mol. The Kier molecular flexibility index (Phi) is 10.5. The van der Waals surface area contributed by atoms with E-state index in [1.54, 1.807) is 36.3 Å². The number of amides is 2. The molecule has 10 nitrogen and oxygen atoms in total. The quantitative estimate of drug-likeness (QED) is 0.0893. The number of urea groups is 1. The molecule has 3 N–H and O–H groups in total. The lowest BCUT2D eigenvalue weighted by molar-refractivity contribution is 0.262. The lowest BCUT2D eigenvalue weighted by Gasteiger charge is -2.15. The van der Waals surface area contributed by atoms with Crippen molar-refractivity contribution in [2.45, 2.75) is 44.4 Å². The van der Waals surface area contributed by atoms with Crippen LogP contribution >= 0.6 is 18.9 Å². The lowest BCUT2D eigenvalue weighted by atomic mass is 9.92. The Morgan fingerprint density at radius 1 is 0.902 bits per heavy atom. The van der Waals surface area contributed by atoms with E-state index in [2.05, 4.69) is 65.7 Å². The molecule has 0 aliphatic carbocycles. The minimum Gasteiger partial charge on any atom is -0.438 e. The van der Waals surface area contributed by atoms with Gasteiger partial charge in [0.2, 0.25) is 11.8 Å². The van der Waals surface area contributed by atoms with Crippen LogP contribution in [0.25, 0.3) is 16.5 Å². The molecule has 12 heteroatoms. The normalized spacial score (nSPS) is 11.7. The van der Waals surface area contributed by atoms with Crippen molar-refractivity contribution in [1.82, 2.24) is 19.7 Å². The molecule has 0 aliphatic rings. The van der Waals surface area contributed by atoms with Crippen LogP contribution in [0.4, 0.5) is 27.9 Å². The molecule has 6 aromatic rings. The zero-order chi connectivity index (χ0) is 36.2. The average Bonchev–Trinajstić information content (AvgIpc) is 3.53. The number of carbonyl (C=O) groups is 1. The summed E-state index contributed by atoms with van der Waals surface area (Å²) in [6, 6.07) is 30.1. The second-order valence-corrected chi connectivity index (χ2v) is 17.9. The summed E-state index contributed by atoms with van der Waals surface area (Å²) in [5.41, 5.74) is 2.79. The van der Waals surface area contributed by atoms with Crippen molar-refractivity contribution in [3.8, 4) is 17.3 Å². The molecule has 0 bridgehead atoms. The van der Waals surface area contributed by atoms with Crippen LogP contribution in [0.3, 0.4) is 0 Å². The number of aromatic nitrogens is 4. The number of nitrogens with one attached hydrogen (secondary N) is 3. The highest BCUT2D eigenvalue weighted by Gasteiger charge is 2.22. The predicted octanol–water partition coefficient (Wildman–Crippen LogP) is 10.0. The van der Waals surface area contributed by atoms with Gasteiger partial charge in [-0.15, -0.1) is 11.8 Å². The highest BCUT2D eigenvalue weighted by atomic mass is 32.2. The fourth-order valence-corrected chi connectivity index (χ4v) is 6.92. The smallest absolute Gasteiger partial charge is 0.324 e. The van der Waals surface area contributed by atoms with Crippen LogP contribution < -0.4 is 26.0 Å². The van der Waals surface area contributed by atoms with Crippen LogP contribution in [-0.2, 0) is 9.98 Å². The molecule has 0 spiro atoms. The second kappa shape index (κ2) is 15.0. The lowest BCUT2D eigenvalue weighted by Crippen LogP contribution is -2.21. The molecular formula is C39H42N7O3PS. The first kappa shape index (κ1) is 35.7. The number of carbonyl (C=O) groups excluding carboxylic acids is 1. The van der Waals surface area contributed by atoms with Gasteiger partial charge in [-0.25, -0.2) is 14.5 Å². The van der Waals surface area contributed by atoms with Crippen LogP contribution in [0.5, 0.6) is 11.6 Å². The van der Waals surface area contributed by atoms with Crippen molar-refractivity contribution in [3.05, 3.63) is 109 Å².